The highest BCUT2D eigenvalue weighted by Crippen LogP contribution is 2.29. The Morgan fingerprint density at radius 1 is 1.40 bits per heavy atom. The van der Waals surface area contributed by atoms with Crippen molar-refractivity contribution in [1.82, 2.24) is 15.1 Å². The van der Waals surface area contributed by atoms with Gasteiger partial charge in [0.2, 0.25) is 0 Å². The van der Waals surface area contributed by atoms with E-state index in [0.717, 1.165) is 35.7 Å². The average Bonchev–Trinajstić information content (AvgIpc) is 2.86. The molecule has 2 aromatic rings. The standard InChI is InChI=1S/C14H19ClN4O/c1-19(4-3-16)9-11-8-17-18-14(11)10-5-12(15)7-13(6-10)20-2/h5-8H,3-4,9,16H2,1-2H3,(H,17,18). The first-order valence-corrected chi connectivity index (χ1v) is 6.78. The van der Waals surface area contributed by atoms with E-state index in [1.54, 1.807) is 13.2 Å². The quantitative estimate of drug-likeness (QED) is 0.856. The van der Waals surface area contributed by atoms with Crippen molar-refractivity contribution in [3.05, 3.63) is 35.0 Å². The fourth-order valence-corrected chi connectivity index (χ4v) is 2.32. The Hall–Kier alpha value is -1.56. The lowest BCUT2D eigenvalue weighted by Crippen LogP contribution is -2.25. The van der Waals surface area contributed by atoms with Crippen LogP contribution in [-0.4, -0.2) is 42.3 Å². The lowest BCUT2D eigenvalue weighted by atomic mass is 10.1. The molecule has 0 unspecified atom stereocenters. The fourth-order valence-electron chi connectivity index (χ4n) is 2.09. The molecule has 0 atom stereocenters. The van der Waals surface area contributed by atoms with Crippen LogP contribution in [0, 0.1) is 0 Å². The Bertz CT molecular complexity index is 570. The maximum atomic E-state index is 6.11. The highest BCUT2D eigenvalue weighted by Gasteiger charge is 2.12. The van der Waals surface area contributed by atoms with Crippen molar-refractivity contribution in [3.63, 3.8) is 0 Å². The number of nitrogens with zero attached hydrogens (tertiary/aromatic N) is 2. The minimum absolute atomic E-state index is 0.628. The Morgan fingerprint density at radius 3 is 2.90 bits per heavy atom. The Labute approximate surface area is 123 Å². The van der Waals surface area contributed by atoms with Gasteiger partial charge in [-0.15, -0.1) is 0 Å². The molecule has 0 aliphatic heterocycles. The summed E-state index contributed by atoms with van der Waals surface area (Å²) < 4.78 is 5.24. The topological polar surface area (TPSA) is 67.2 Å². The van der Waals surface area contributed by atoms with Gasteiger partial charge < -0.3 is 15.4 Å². The van der Waals surface area contributed by atoms with Crippen molar-refractivity contribution in [2.45, 2.75) is 6.54 Å². The van der Waals surface area contributed by atoms with Crippen LogP contribution in [0.1, 0.15) is 5.56 Å². The maximum absolute atomic E-state index is 6.11. The number of hydrogen-bond donors (Lipinski definition) is 2. The van der Waals surface area contributed by atoms with Gasteiger partial charge in [-0.3, -0.25) is 5.10 Å². The molecule has 0 fully saturated rings. The minimum atomic E-state index is 0.628. The molecule has 5 nitrogen and oxygen atoms in total. The number of aromatic nitrogens is 2. The van der Waals surface area contributed by atoms with E-state index in [0.29, 0.717) is 11.6 Å². The molecule has 0 saturated heterocycles. The molecule has 2 rings (SSSR count). The van der Waals surface area contributed by atoms with Gasteiger partial charge in [-0.05, 0) is 25.2 Å². The minimum Gasteiger partial charge on any atom is -0.497 e. The van der Waals surface area contributed by atoms with Crippen LogP contribution >= 0.6 is 11.6 Å². The van der Waals surface area contributed by atoms with E-state index in [4.69, 9.17) is 22.1 Å². The van der Waals surface area contributed by atoms with Crippen molar-refractivity contribution in [1.29, 1.82) is 0 Å². The zero-order chi connectivity index (χ0) is 14.5. The molecule has 108 valence electrons. The summed E-state index contributed by atoms with van der Waals surface area (Å²) in [4.78, 5) is 2.15. The molecular weight excluding hydrogens is 276 g/mol. The van der Waals surface area contributed by atoms with E-state index in [-0.39, 0.29) is 0 Å². The molecule has 0 aliphatic rings. The third-order valence-corrected chi connectivity index (χ3v) is 3.27. The molecule has 1 aromatic heterocycles. The van der Waals surface area contributed by atoms with Crippen LogP contribution in [-0.2, 0) is 6.54 Å². The van der Waals surface area contributed by atoms with Crippen LogP contribution in [0.5, 0.6) is 5.75 Å². The number of benzene rings is 1. The lowest BCUT2D eigenvalue weighted by molar-refractivity contribution is 0.337. The summed E-state index contributed by atoms with van der Waals surface area (Å²) in [5.41, 5.74) is 8.49. The number of hydrogen-bond acceptors (Lipinski definition) is 4. The summed E-state index contributed by atoms with van der Waals surface area (Å²) in [6.07, 6.45) is 1.90. The van der Waals surface area contributed by atoms with Crippen molar-refractivity contribution in [3.8, 4) is 17.0 Å². The second-order valence-corrected chi connectivity index (χ2v) is 5.10. The van der Waals surface area contributed by atoms with Gasteiger partial charge in [0.15, 0.2) is 0 Å². The number of nitrogens with one attached hydrogen (secondary N) is 1. The Kier molecular flexibility index (Phi) is 5.00. The Balaban J connectivity index is 2.29. The highest BCUT2D eigenvalue weighted by molar-refractivity contribution is 6.31. The molecule has 0 saturated carbocycles. The van der Waals surface area contributed by atoms with Crippen molar-refractivity contribution >= 4 is 11.6 Å². The monoisotopic (exact) mass is 294 g/mol. The Morgan fingerprint density at radius 2 is 2.20 bits per heavy atom. The van der Waals surface area contributed by atoms with Gasteiger partial charge in [0.25, 0.3) is 0 Å². The maximum Gasteiger partial charge on any atom is 0.121 e. The van der Waals surface area contributed by atoms with Crippen LogP contribution in [0.4, 0.5) is 0 Å². The van der Waals surface area contributed by atoms with E-state index in [2.05, 4.69) is 15.1 Å². The van der Waals surface area contributed by atoms with E-state index in [9.17, 15) is 0 Å². The molecule has 20 heavy (non-hydrogen) atoms. The molecule has 1 heterocycles. The van der Waals surface area contributed by atoms with Crippen LogP contribution in [0.15, 0.2) is 24.4 Å². The number of ether oxygens (including phenoxy) is 1. The smallest absolute Gasteiger partial charge is 0.121 e. The normalized spacial score (nSPS) is 11.1. The first kappa shape index (κ1) is 14.8. The number of nitrogens with two attached hydrogens (primary N) is 1. The molecule has 6 heteroatoms. The molecule has 0 radical (unpaired) electrons. The number of H-pyrrole nitrogens is 1. The summed E-state index contributed by atoms with van der Waals surface area (Å²) in [5.74, 6) is 0.719. The number of methoxy groups -OCH3 is 1. The fraction of sp³-hybridized carbons (Fsp3) is 0.357. The second-order valence-electron chi connectivity index (χ2n) is 4.67. The lowest BCUT2D eigenvalue weighted by Gasteiger charge is -2.15. The number of aromatic amines is 1. The summed E-state index contributed by atoms with van der Waals surface area (Å²) in [7, 11) is 3.65. The highest BCUT2D eigenvalue weighted by atomic mass is 35.5. The third kappa shape index (κ3) is 3.50. The zero-order valence-electron chi connectivity index (χ0n) is 11.7. The van der Waals surface area contributed by atoms with Gasteiger partial charge in [0.05, 0.1) is 12.8 Å². The van der Waals surface area contributed by atoms with E-state index < -0.39 is 0 Å². The molecule has 0 aliphatic carbocycles. The van der Waals surface area contributed by atoms with Gasteiger partial charge in [0.1, 0.15) is 5.75 Å². The van der Waals surface area contributed by atoms with Crippen LogP contribution in [0.3, 0.4) is 0 Å². The zero-order valence-corrected chi connectivity index (χ0v) is 12.4. The van der Waals surface area contributed by atoms with Gasteiger partial charge in [-0.1, -0.05) is 11.6 Å². The second kappa shape index (κ2) is 6.74. The molecule has 0 bridgehead atoms. The first-order valence-electron chi connectivity index (χ1n) is 6.40. The van der Waals surface area contributed by atoms with Gasteiger partial charge in [0, 0.05) is 42.0 Å². The first-order chi connectivity index (χ1) is 9.63. The summed E-state index contributed by atoms with van der Waals surface area (Å²) >= 11 is 6.11. The molecule has 1 aromatic carbocycles. The van der Waals surface area contributed by atoms with Crippen LogP contribution in [0.2, 0.25) is 5.02 Å². The number of halogens is 1. The van der Waals surface area contributed by atoms with Gasteiger partial charge in [-0.25, -0.2) is 0 Å². The summed E-state index contributed by atoms with van der Waals surface area (Å²) in [6.45, 7) is 2.25. The van der Waals surface area contributed by atoms with Crippen molar-refractivity contribution < 1.29 is 4.74 Å². The van der Waals surface area contributed by atoms with E-state index in [1.165, 1.54) is 0 Å². The largest absolute Gasteiger partial charge is 0.497 e. The third-order valence-electron chi connectivity index (χ3n) is 3.05. The van der Waals surface area contributed by atoms with Crippen molar-refractivity contribution in [2.24, 2.45) is 5.73 Å². The molecule has 3 N–H and O–H groups in total. The number of likely N-dealkylation sites (N-methyl/N-ethyl adjacent to an activating group) is 1. The van der Waals surface area contributed by atoms with E-state index >= 15 is 0 Å². The van der Waals surface area contributed by atoms with Crippen molar-refractivity contribution in [2.75, 3.05) is 27.2 Å². The molecule has 0 amide bonds. The summed E-state index contributed by atoms with van der Waals surface area (Å²) in [6, 6.07) is 5.58. The number of rotatable bonds is 6. The van der Waals surface area contributed by atoms with Gasteiger partial charge >= 0.3 is 0 Å². The SMILES string of the molecule is COc1cc(Cl)cc(-c2n[nH]cc2CN(C)CCN)c1. The van der Waals surface area contributed by atoms with E-state index in [1.807, 2.05) is 25.4 Å². The predicted octanol–water partition coefficient (Wildman–Crippen LogP) is 2.13. The van der Waals surface area contributed by atoms with Crippen LogP contribution < -0.4 is 10.5 Å². The molecule has 0 spiro atoms. The van der Waals surface area contributed by atoms with Crippen LogP contribution in [0.25, 0.3) is 11.3 Å². The summed E-state index contributed by atoms with van der Waals surface area (Å²) in [5, 5.41) is 7.86. The van der Waals surface area contributed by atoms with Gasteiger partial charge in [-0.2, -0.15) is 5.10 Å². The molecular formula is C14H19ClN4O. The predicted molar refractivity (Wildman–Crippen MR) is 81.0 cm³/mol. The average molecular weight is 295 g/mol.